The first-order valence-electron chi connectivity index (χ1n) is 5.81. The lowest BCUT2D eigenvalue weighted by Gasteiger charge is -2.07. The highest BCUT2D eigenvalue weighted by molar-refractivity contribution is 5.57. The van der Waals surface area contributed by atoms with Crippen LogP contribution in [0.2, 0.25) is 0 Å². The van der Waals surface area contributed by atoms with Gasteiger partial charge in [-0.25, -0.2) is 0 Å². The summed E-state index contributed by atoms with van der Waals surface area (Å²) in [7, 11) is 3.80. The Kier molecular flexibility index (Phi) is 3.13. The fourth-order valence-corrected chi connectivity index (χ4v) is 1.82. The predicted molar refractivity (Wildman–Crippen MR) is 70.1 cm³/mol. The van der Waals surface area contributed by atoms with Gasteiger partial charge in [-0.1, -0.05) is 38.1 Å². The van der Waals surface area contributed by atoms with Gasteiger partial charge < -0.3 is 5.32 Å². The van der Waals surface area contributed by atoms with Crippen LogP contribution in [0.5, 0.6) is 0 Å². The minimum Gasteiger partial charge on any atom is -0.357 e. The minimum absolute atomic E-state index is 0.552. The molecule has 0 bridgehead atoms. The third-order valence-electron chi connectivity index (χ3n) is 2.93. The van der Waals surface area contributed by atoms with E-state index in [1.165, 1.54) is 5.56 Å². The molecule has 0 unspecified atom stereocenters. The molecule has 0 atom stereocenters. The molecule has 1 aromatic carbocycles. The molecule has 4 nitrogen and oxygen atoms in total. The number of aromatic nitrogens is 3. The molecule has 1 heterocycles. The monoisotopic (exact) mass is 230 g/mol. The van der Waals surface area contributed by atoms with E-state index >= 15 is 0 Å². The molecule has 0 fully saturated rings. The molecule has 0 saturated heterocycles. The van der Waals surface area contributed by atoms with E-state index in [-0.39, 0.29) is 0 Å². The molecular weight excluding hydrogens is 212 g/mol. The highest BCUT2D eigenvalue weighted by Gasteiger charge is 2.09. The van der Waals surface area contributed by atoms with Crippen molar-refractivity contribution in [2.75, 3.05) is 12.4 Å². The van der Waals surface area contributed by atoms with Crippen molar-refractivity contribution in [3.63, 3.8) is 0 Å². The summed E-state index contributed by atoms with van der Waals surface area (Å²) in [4.78, 5) is 0. The van der Waals surface area contributed by atoms with E-state index in [0.29, 0.717) is 5.92 Å². The van der Waals surface area contributed by atoms with E-state index in [4.69, 9.17) is 0 Å². The maximum Gasteiger partial charge on any atom is 0.224 e. The van der Waals surface area contributed by atoms with Crippen LogP contribution in [0.4, 0.5) is 5.95 Å². The van der Waals surface area contributed by atoms with Gasteiger partial charge in [-0.15, -0.1) is 10.2 Å². The van der Waals surface area contributed by atoms with Crippen LogP contribution in [-0.2, 0) is 7.05 Å². The number of nitrogens with one attached hydrogen (secondary N) is 1. The molecule has 90 valence electrons. The Balaban J connectivity index is 2.36. The van der Waals surface area contributed by atoms with Crippen molar-refractivity contribution in [3.8, 4) is 11.4 Å². The smallest absolute Gasteiger partial charge is 0.224 e. The quantitative estimate of drug-likeness (QED) is 0.881. The molecule has 0 aliphatic heterocycles. The topological polar surface area (TPSA) is 42.7 Å². The van der Waals surface area contributed by atoms with E-state index in [2.05, 4.69) is 53.6 Å². The third-order valence-corrected chi connectivity index (χ3v) is 2.93. The predicted octanol–water partition coefficient (Wildman–Crippen LogP) is 2.65. The molecule has 17 heavy (non-hydrogen) atoms. The van der Waals surface area contributed by atoms with E-state index < -0.39 is 0 Å². The maximum absolute atomic E-state index is 4.18. The van der Waals surface area contributed by atoms with Gasteiger partial charge in [0.2, 0.25) is 5.95 Å². The summed E-state index contributed by atoms with van der Waals surface area (Å²) in [6.45, 7) is 4.38. The molecule has 0 aliphatic carbocycles. The molecule has 0 radical (unpaired) electrons. The van der Waals surface area contributed by atoms with Gasteiger partial charge in [-0.2, -0.15) is 0 Å². The van der Waals surface area contributed by atoms with Crippen molar-refractivity contribution in [1.82, 2.24) is 14.8 Å². The van der Waals surface area contributed by atoms with Gasteiger partial charge in [-0.3, -0.25) is 4.57 Å². The first-order valence-corrected chi connectivity index (χ1v) is 5.81. The summed E-state index contributed by atoms with van der Waals surface area (Å²) in [5.74, 6) is 2.20. The Morgan fingerprint density at radius 3 is 2.24 bits per heavy atom. The lowest BCUT2D eigenvalue weighted by molar-refractivity contribution is 0.866. The average Bonchev–Trinajstić information content (AvgIpc) is 2.70. The minimum atomic E-state index is 0.552. The lowest BCUT2D eigenvalue weighted by atomic mass is 10.0. The third kappa shape index (κ3) is 2.16. The zero-order chi connectivity index (χ0) is 12.4. The van der Waals surface area contributed by atoms with Gasteiger partial charge in [0.15, 0.2) is 5.82 Å². The number of hydrogen-bond donors (Lipinski definition) is 1. The van der Waals surface area contributed by atoms with Crippen molar-refractivity contribution < 1.29 is 0 Å². The number of anilines is 1. The van der Waals surface area contributed by atoms with Crippen LogP contribution >= 0.6 is 0 Å². The SMILES string of the molecule is CNc1nnc(-c2ccc(C(C)C)cc2)n1C. The van der Waals surface area contributed by atoms with E-state index in [1.807, 2.05) is 18.7 Å². The van der Waals surface area contributed by atoms with Crippen molar-refractivity contribution in [2.24, 2.45) is 7.05 Å². The van der Waals surface area contributed by atoms with Crippen molar-refractivity contribution >= 4 is 5.95 Å². The van der Waals surface area contributed by atoms with E-state index in [0.717, 1.165) is 17.3 Å². The average molecular weight is 230 g/mol. The van der Waals surface area contributed by atoms with Gasteiger partial charge in [0.25, 0.3) is 0 Å². The number of rotatable bonds is 3. The Morgan fingerprint density at radius 1 is 1.12 bits per heavy atom. The summed E-state index contributed by atoms with van der Waals surface area (Å²) in [6.07, 6.45) is 0. The van der Waals surface area contributed by atoms with Crippen LogP contribution in [-0.4, -0.2) is 21.8 Å². The molecule has 1 N–H and O–H groups in total. The normalized spacial score (nSPS) is 10.9. The maximum atomic E-state index is 4.18. The van der Waals surface area contributed by atoms with Crippen LogP contribution in [0.25, 0.3) is 11.4 Å². The summed E-state index contributed by atoms with van der Waals surface area (Å²) in [5.41, 5.74) is 2.43. The molecule has 0 amide bonds. The second kappa shape index (κ2) is 4.57. The molecule has 0 spiro atoms. The summed E-state index contributed by atoms with van der Waals surface area (Å²) < 4.78 is 1.95. The molecular formula is C13H18N4. The van der Waals surface area contributed by atoms with Gasteiger partial charge in [0.1, 0.15) is 0 Å². The summed E-state index contributed by atoms with van der Waals surface area (Å²) in [6, 6.07) is 8.49. The van der Waals surface area contributed by atoms with Gasteiger partial charge in [0, 0.05) is 19.7 Å². The van der Waals surface area contributed by atoms with E-state index in [1.54, 1.807) is 0 Å². The Hall–Kier alpha value is -1.84. The molecule has 4 heteroatoms. The number of benzene rings is 1. The Bertz CT molecular complexity index is 497. The first-order chi connectivity index (χ1) is 8.13. The standard InChI is InChI=1S/C13H18N4/c1-9(2)10-5-7-11(8-6-10)12-15-16-13(14-3)17(12)4/h5-9H,1-4H3,(H,14,16). The van der Waals surface area contributed by atoms with Gasteiger partial charge >= 0.3 is 0 Å². The molecule has 1 aromatic heterocycles. The Labute approximate surface area is 102 Å². The second-order valence-corrected chi connectivity index (χ2v) is 4.43. The van der Waals surface area contributed by atoms with Crippen molar-refractivity contribution in [2.45, 2.75) is 19.8 Å². The zero-order valence-electron chi connectivity index (χ0n) is 10.7. The first kappa shape index (κ1) is 11.6. The Morgan fingerprint density at radius 2 is 1.76 bits per heavy atom. The van der Waals surface area contributed by atoms with Crippen LogP contribution < -0.4 is 5.32 Å². The van der Waals surface area contributed by atoms with Gasteiger partial charge in [0.05, 0.1) is 0 Å². The molecule has 0 saturated carbocycles. The van der Waals surface area contributed by atoms with Crippen molar-refractivity contribution in [1.29, 1.82) is 0 Å². The zero-order valence-corrected chi connectivity index (χ0v) is 10.7. The van der Waals surface area contributed by atoms with Crippen LogP contribution in [0.3, 0.4) is 0 Å². The second-order valence-electron chi connectivity index (χ2n) is 4.43. The van der Waals surface area contributed by atoms with Crippen LogP contribution in [0.15, 0.2) is 24.3 Å². The highest BCUT2D eigenvalue weighted by atomic mass is 15.3. The van der Waals surface area contributed by atoms with Crippen LogP contribution in [0.1, 0.15) is 25.3 Å². The lowest BCUT2D eigenvalue weighted by Crippen LogP contribution is -1.99. The summed E-state index contributed by atoms with van der Waals surface area (Å²) >= 11 is 0. The fraction of sp³-hybridized carbons (Fsp3) is 0.385. The van der Waals surface area contributed by atoms with E-state index in [9.17, 15) is 0 Å². The summed E-state index contributed by atoms with van der Waals surface area (Å²) in [5, 5.41) is 11.3. The van der Waals surface area contributed by atoms with Crippen molar-refractivity contribution in [3.05, 3.63) is 29.8 Å². The number of nitrogens with zero attached hydrogens (tertiary/aromatic N) is 3. The number of hydrogen-bond acceptors (Lipinski definition) is 3. The van der Waals surface area contributed by atoms with Gasteiger partial charge in [-0.05, 0) is 11.5 Å². The molecule has 0 aliphatic rings. The molecule has 2 rings (SSSR count). The van der Waals surface area contributed by atoms with Crippen LogP contribution in [0, 0.1) is 0 Å². The largest absolute Gasteiger partial charge is 0.357 e. The fourth-order valence-electron chi connectivity index (χ4n) is 1.82. The molecule has 2 aromatic rings. The highest BCUT2D eigenvalue weighted by Crippen LogP contribution is 2.22.